The molecule has 3 nitrogen and oxygen atoms in total. The van der Waals surface area contributed by atoms with Crippen LogP contribution in [0.1, 0.15) is 0 Å². The molecule has 0 saturated heterocycles. The highest BCUT2D eigenvalue weighted by Crippen LogP contribution is 2.05. The van der Waals surface area contributed by atoms with E-state index in [9.17, 15) is 4.79 Å². The first-order valence-corrected chi connectivity index (χ1v) is 3.99. The Morgan fingerprint density at radius 2 is 2.60 bits per heavy atom. The van der Waals surface area contributed by atoms with Crippen LogP contribution in [0.25, 0.3) is 0 Å². The summed E-state index contributed by atoms with van der Waals surface area (Å²) in [5.41, 5.74) is 0.235. The highest BCUT2D eigenvalue weighted by atomic mass is 32.2. The molecule has 0 unspecified atom stereocenters. The smallest absolute Gasteiger partial charge is 0.351 e. The number of carbonyl (C=O) groups is 1. The topological polar surface area (TPSA) is 49.7 Å². The Balaban J connectivity index is 2.66. The molecule has 0 amide bonds. The zero-order chi connectivity index (χ0) is 7.40. The second-order valence-electron chi connectivity index (χ2n) is 1.78. The lowest BCUT2D eigenvalue weighted by Crippen LogP contribution is -2.14. The van der Waals surface area contributed by atoms with Crippen molar-refractivity contribution in [3.8, 4) is 0 Å². The third kappa shape index (κ3) is 1.88. The minimum absolute atomic E-state index is 0.235. The van der Waals surface area contributed by atoms with E-state index < -0.39 is 5.97 Å². The Morgan fingerprint density at radius 3 is 3.30 bits per heavy atom. The summed E-state index contributed by atoms with van der Waals surface area (Å²) in [5, 5.41) is 8.49. The molecule has 0 aromatic carbocycles. The Labute approximate surface area is 62.8 Å². The fourth-order valence-electron chi connectivity index (χ4n) is 0.564. The Kier molecular flexibility index (Phi) is 2.50. The fraction of sp³-hybridized carbons (Fsp3) is 0.333. The van der Waals surface area contributed by atoms with Crippen LogP contribution in [0.3, 0.4) is 0 Å². The van der Waals surface area contributed by atoms with Crippen LogP contribution in [-0.2, 0) is 4.79 Å². The summed E-state index contributed by atoms with van der Waals surface area (Å²) in [5.74, 6) is 0.432. The average Bonchev–Trinajstić information content (AvgIpc) is 2.12. The third-order valence-electron chi connectivity index (χ3n) is 1.04. The van der Waals surface area contributed by atoms with Gasteiger partial charge in [0.2, 0.25) is 0 Å². The first-order chi connectivity index (χ1) is 4.80. The summed E-state index contributed by atoms with van der Waals surface area (Å²) in [6, 6.07) is 0. The van der Waals surface area contributed by atoms with Crippen LogP contribution in [0.4, 0.5) is 0 Å². The molecular weight excluding hydrogens is 150 g/mol. The van der Waals surface area contributed by atoms with Crippen molar-refractivity contribution in [2.75, 3.05) is 11.5 Å². The molecule has 1 heterocycles. The van der Waals surface area contributed by atoms with Gasteiger partial charge in [-0.25, -0.2) is 4.79 Å². The van der Waals surface area contributed by atoms with E-state index in [4.69, 9.17) is 5.11 Å². The Hall–Kier alpha value is -0.770. The van der Waals surface area contributed by atoms with Crippen molar-refractivity contribution in [1.82, 2.24) is 0 Å². The third-order valence-corrected chi connectivity index (χ3v) is 1.94. The van der Waals surface area contributed by atoms with Gasteiger partial charge in [-0.2, -0.15) is 11.8 Å². The molecule has 1 aliphatic heterocycles. The number of carboxylic acids is 1. The van der Waals surface area contributed by atoms with Crippen LogP contribution in [0, 0.1) is 0 Å². The number of rotatable bonds is 1. The van der Waals surface area contributed by atoms with Gasteiger partial charge in [0.15, 0.2) is 0 Å². The van der Waals surface area contributed by atoms with Gasteiger partial charge in [0.05, 0.1) is 0 Å². The lowest BCUT2D eigenvalue weighted by Gasteiger charge is -1.93. The largest absolute Gasteiger partial charge is 0.477 e. The van der Waals surface area contributed by atoms with E-state index in [1.165, 1.54) is 0 Å². The molecule has 10 heavy (non-hydrogen) atoms. The monoisotopic (exact) mass is 157 g/mol. The number of aliphatic imine (C=N–C) groups is 1. The quantitative estimate of drug-likeness (QED) is 0.611. The maximum Gasteiger partial charge on any atom is 0.351 e. The summed E-state index contributed by atoms with van der Waals surface area (Å²) in [7, 11) is 0. The number of aliphatic carboxylic acids is 1. The molecule has 54 valence electrons. The lowest BCUT2D eigenvalue weighted by molar-refractivity contribution is -0.129. The van der Waals surface area contributed by atoms with Crippen molar-refractivity contribution in [1.29, 1.82) is 0 Å². The van der Waals surface area contributed by atoms with E-state index in [0.29, 0.717) is 5.75 Å². The van der Waals surface area contributed by atoms with Crippen molar-refractivity contribution in [2.45, 2.75) is 0 Å². The predicted molar refractivity (Wildman–Crippen MR) is 41.5 cm³/mol. The fourth-order valence-corrected chi connectivity index (χ4v) is 1.29. The molecule has 1 N–H and O–H groups in total. The number of carboxylic acid groups (broad SMARTS) is 1. The van der Waals surface area contributed by atoms with Crippen LogP contribution in [0.15, 0.2) is 17.3 Å². The zero-order valence-corrected chi connectivity index (χ0v) is 6.10. The first-order valence-electron chi connectivity index (χ1n) is 2.83. The number of hydrogen-bond donors (Lipinski definition) is 1. The van der Waals surface area contributed by atoms with E-state index >= 15 is 0 Å². The van der Waals surface area contributed by atoms with E-state index in [0.717, 1.165) is 5.75 Å². The molecule has 1 aliphatic rings. The van der Waals surface area contributed by atoms with Crippen LogP contribution in [0.2, 0.25) is 0 Å². The summed E-state index contributed by atoms with van der Waals surface area (Å²) in [4.78, 5) is 14.1. The van der Waals surface area contributed by atoms with E-state index in [1.54, 1.807) is 18.0 Å². The van der Waals surface area contributed by atoms with Gasteiger partial charge in [0.1, 0.15) is 5.71 Å². The molecule has 0 aromatic rings. The highest BCUT2D eigenvalue weighted by Gasteiger charge is 2.08. The second kappa shape index (κ2) is 3.41. The number of hydrogen-bond acceptors (Lipinski definition) is 3. The number of thioether (sulfide) groups is 1. The van der Waals surface area contributed by atoms with Crippen LogP contribution >= 0.6 is 11.8 Å². The van der Waals surface area contributed by atoms with Gasteiger partial charge >= 0.3 is 5.97 Å². The van der Waals surface area contributed by atoms with Gasteiger partial charge < -0.3 is 5.11 Å². The zero-order valence-electron chi connectivity index (χ0n) is 5.28. The molecule has 0 aromatic heterocycles. The normalized spacial score (nSPS) is 17.8. The van der Waals surface area contributed by atoms with Gasteiger partial charge in [-0.05, 0) is 0 Å². The van der Waals surface area contributed by atoms with Gasteiger partial charge in [0.25, 0.3) is 0 Å². The molecule has 0 atom stereocenters. The van der Waals surface area contributed by atoms with Crippen molar-refractivity contribution < 1.29 is 9.90 Å². The molecule has 0 fully saturated rings. The maximum absolute atomic E-state index is 10.3. The maximum atomic E-state index is 10.3. The molecule has 4 heteroatoms. The van der Waals surface area contributed by atoms with Crippen molar-refractivity contribution >= 4 is 23.4 Å². The van der Waals surface area contributed by atoms with Gasteiger partial charge in [-0.3, -0.25) is 4.99 Å². The Bertz CT molecular complexity index is 198. The summed E-state index contributed by atoms with van der Waals surface area (Å²) in [6.07, 6.45) is 3.39. The lowest BCUT2D eigenvalue weighted by atomic mass is 10.4. The summed E-state index contributed by atoms with van der Waals surface area (Å²) in [6.45, 7) is 0. The summed E-state index contributed by atoms with van der Waals surface area (Å²) >= 11 is 1.55. The van der Waals surface area contributed by atoms with Crippen molar-refractivity contribution in [3.63, 3.8) is 0 Å². The molecule has 0 saturated carbocycles. The predicted octanol–water partition coefficient (Wildman–Crippen LogP) is 0.772. The number of nitrogens with zero attached hydrogens (tertiary/aromatic N) is 1. The summed E-state index contributed by atoms with van der Waals surface area (Å²) < 4.78 is 0. The van der Waals surface area contributed by atoms with Crippen molar-refractivity contribution in [2.24, 2.45) is 4.99 Å². The van der Waals surface area contributed by atoms with Crippen LogP contribution in [-0.4, -0.2) is 28.3 Å². The Morgan fingerprint density at radius 1 is 1.80 bits per heavy atom. The molecule has 1 rings (SSSR count). The second-order valence-corrected chi connectivity index (χ2v) is 2.81. The SMILES string of the molecule is O=C(O)C1=NC=CCSC1. The standard InChI is InChI=1S/C6H7NO2S/c8-6(9)5-4-10-3-1-2-7-5/h1-2H,3-4H2,(H,8,9). The molecule has 0 bridgehead atoms. The van der Waals surface area contributed by atoms with Crippen LogP contribution < -0.4 is 0 Å². The average molecular weight is 157 g/mol. The van der Waals surface area contributed by atoms with Crippen LogP contribution in [0.5, 0.6) is 0 Å². The molecule has 0 aliphatic carbocycles. The van der Waals surface area contributed by atoms with Crippen molar-refractivity contribution in [3.05, 3.63) is 12.3 Å². The minimum Gasteiger partial charge on any atom is -0.477 e. The highest BCUT2D eigenvalue weighted by molar-refractivity contribution is 8.00. The first kappa shape index (κ1) is 7.34. The van der Waals surface area contributed by atoms with Gasteiger partial charge in [-0.1, -0.05) is 6.08 Å². The molecular formula is C6H7NO2S. The van der Waals surface area contributed by atoms with E-state index in [2.05, 4.69) is 4.99 Å². The van der Waals surface area contributed by atoms with E-state index in [-0.39, 0.29) is 5.71 Å². The van der Waals surface area contributed by atoms with E-state index in [1.807, 2.05) is 6.08 Å². The van der Waals surface area contributed by atoms with Gasteiger partial charge in [0, 0.05) is 17.7 Å². The molecule has 0 spiro atoms. The minimum atomic E-state index is -0.918. The molecule has 0 radical (unpaired) electrons. The van der Waals surface area contributed by atoms with Gasteiger partial charge in [-0.15, -0.1) is 0 Å².